The van der Waals surface area contributed by atoms with Gasteiger partial charge >= 0.3 is 47.2 Å². The number of alkyl halides is 3. The largest absolute Gasteiger partial charge is 0.490 e. The number of ether oxygens (including phenoxy) is 2. The van der Waals surface area contributed by atoms with E-state index in [1.807, 2.05) is 0 Å². The summed E-state index contributed by atoms with van der Waals surface area (Å²) in [5, 5.41) is 21.8. The van der Waals surface area contributed by atoms with Crippen LogP contribution in [0.5, 0.6) is 0 Å². The molecule has 0 spiro atoms. The topological polar surface area (TPSA) is 300 Å². The molecule has 1 aliphatic rings. The molecule has 2 heterocycles. The Bertz CT molecular complexity index is 1330. The van der Waals surface area contributed by atoms with E-state index < -0.39 is 96.3 Å². The van der Waals surface area contributed by atoms with Crippen LogP contribution >= 0.6 is 23.5 Å². The minimum Gasteiger partial charge on any atom is -0.461 e. The second kappa shape index (κ2) is 12.4. The maximum Gasteiger partial charge on any atom is 0.490 e. The Hall–Kier alpha value is -2.10. The molecule has 1 fully saturated rings. The van der Waals surface area contributed by atoms with Gasteiger partial charge in [0, 0.05) is 18.7 Å². The lowest BCUT2D eigenvalue weighted by Gasteiger charge is -2.20. The van der Waals surface area contributed by atoms with Crippen LogP contribution in [-0.4, -0.2) is 82.3 Å². The third-order valence-electron chi connectivity index (χ3n) is 4.38. The Morgan fingerprint density at radius 3 is 2.23 bits per heavy atom. The van der Waals surface area contributed by atoms with Gasteiger partial charge in [-0.25, -0.2) is 18.5 Å². The second-order valence-corrected chi connectivity index (χ2v) is 11.9. The summed E-state index contributed by atoms with van der Waals surface area (Å²) in [5.41, 5.74) is -2.00. The summed E-state index contributed by atoms with van der Waals surface area (Å²) in [6.45, 7) is -1.18. The number of carbonyl (C=O) groups excluding carboxylic acids is 2. The van der Waals surface area contributed by atoms with Crippen LogP contribution in [-0.2, 0) is 52.5 Å². The van der Waals surface area contributed by atoms with Crippen LogP contribution in [0, 0.1) is 0 Å². The van der Waals surface area contributed by atoms with E-state index in [4.69, 9.17) is 19.4 Å². The van der Waals surface area contributed by atoms with Crippen LogP contribution in [0.15, 0.2) is 11.0 Å². The molecule has 1 aromatic rings. The smallest absolute Gasteiger partial charge is 0.461 e. The first-order valence-electron chi connectivity index (χ1n) is 9.95. The highest BCUT2D eigenvalue weighted by Crippen LogP contribution is 2.66. The summed E-state index contributed by atoms with van der Waals surface area (Å²) in [5.74, 6) is -4.47. The Morgan fingerprint density at radius 2 is 1.70 bits per heavy atom. The number of hydrogen-bond donors (Lipinski definition) is 7. The van der Waals surface area contributed by atoms with E-state index in [-0.39, 0.29) is 0 Å². The molecule has 1 saturated heterocycles. The van der Waals surface area contributed by atoms with E-state index in [2.05, 4.69) is 22.9 Å². The van der Waals surface area contributed by atoms with Gasteiger partial charge in [0.2, 0.25) is 0 Å². The van der Waals surface area contributed by atoms with E-state index in [1.165, 1.54) is 5.32 Å². The van der Waals surface area contributed by atoms with Crippen LogP contribution in [0.4, 0.5) is 19.0 Å². The SMILES string of the molecule is CC(=O)OCc1cn(C2OC(COP(=O)(O)OP(=O)(O)OP(=O)(O)O)C(O)C2O)c(=O)nc1NC(=O)C(F)(F)F. The zero-order chi connectivity index (χ0) is 30.8. The number of anilines is 1. The lowest BCUT2D eigenvalue weighted by molar-refractivity contribution is -0.167. The molecule has 40 heavy (non-hydrogen) atoms. The molecule has 0 bridgehead atoms. The molecule has 20 nitrogen and oxygen atoms in total. The minimum absolute atomic E-state index is 0.390. The summed E-state index contributed by atoms with van der Waals surface area (Å²) < 4.78 is 93.3. The normalized spacial score (nSPS) is 24.6. The lowest BCUT2D eigenvalue weighted by atomic mass is 10.1. The molecule has 2 rings (SSSR count). The van der Waals surface area contributed by atoms with Crippen molar-refractivity contribution in [3.8, 4) is 0 Å². The van der Waals surface area contributed by atoms with Gasteiger partial charge in [-0.3, -0.25) is 18.7 Å². The number of hydrogen-bond acceptors (Lipinski definition) is 14. The number of halogens is 3. The summed E-state index contributed by atoms with van der Waals surface area (Å²) in [4.78, 5) is 73.8. The average molecular weight is 651 g/mol. The molecule has 1 aromatic heterocycles. The zero-order valence-corrected chi connectivity index (χ0v) is 22.0. The van der Waals surface area contributed by atoms with Crippen molar-refractivity contribution < 1.29 is 88.9 Å². The molecule has 1 aliphatic heterocycles. The van der Waals surface area contributed by atoms with Gasteiger partial charge in [0.1, 0.15) is 30.7 Å². The highest BCUT2D eigenvalue weighted by molar-refractivity contribution is 7.66. The number of aromatic nitrogens is 2. The van der Waals surface area contributed by atoms with Crippen molar-refractivity contribution in [3.63, 3.8) is 0 Å². The average Bonchev–Trinajstić information content (AvgIpc) is 3.02. The van der Waals surface area contributed by atoms with Crippen LogP contribution in [0.3, 0.4) is 0 Å². The highest BCUT2D eigenvalue weighted by Gasteiger charge is 2.47. The Morgan fingerprint density at radius 1 is 1.10 bits per heavy atom. The number of amides is 1. The van der Waals surface area contributed by atoms with Crippen molar-refractivity contribution >= 4 is 41.2 Å². The molecule has 0 aromatic carbocycles. The minimum atomic E-state index is -5.88. The first-order chi connectivity index (χ1) is 18.0. The van der Waals surface area contributed by atoms with E-state index in [1.54, 1.807) is 0 Å². The van der Waals surface area contributed by atoms with Crippen LogP contribution in [0.2, 0.25) is 0 Å². The number of aliphatic hydroxyl groups excluding tert-OH is 2. The molecule has 7 N–H and O–H groups in total. The zero-order valence-electron chi connectivity index (χ0n) is 19.3. The summed E-state index contributed by atoms with van der Waals surface area (Å²) in [6, 6.07) is 0. The van der Waals surface area contributed by atoms with Crippen molar-refractivity contribution in [2.24, 2.45) is 0 Å². The molecule has 0 saturated carbocycles. The number of carbonyl (C=O) groups is 2. The van der Waals surface area contributed by atoms with Crippen molar-refractivity contribution in [2.75, 3.05) is 11.9 Å². The molecular weight excluding hydrogens is 632 g/mol. The van der Waals surface area contributed by atoms with Gasteiger partial charge < -0.3 is 44.6 Å². The predicted octanol–water partition coefficient (Wildman–Crippen LogP) is -1.23. The molecular formula is C14H19F3N3O17P3. The van der Waals surface area contributed by atoms with Gasteiger partial charge in [0.25, 0.3) is 0 Å². The van der Waals surface area contributed by atoms with Crippen LogP contribution in [0.25, 0.3) is 0 Å². The van der Waals surface area contributed by atoms with Gasteiger partial charge in [-0.15, -0.1) is 0 Å². The number of aliphatic hydroxyl groups is 2. The Kier molecular flexibility index (Phi) is 10.6. The molecule has 0 aliphatic carbocycles. The Labute approximate surface area is 218 Å². The maximum atomic E-state index is 12.6. The van der Waals surface area contributed by atoms with Crippen LogP contribution < -0.4 is 11.0 Å². The highest BCUT2D eigenvalue weighted by atomic mass is 31.3. The Balaban J connectivity index is 2.27. The predicted molar refractivity (Wildman–Crippen MR) is 114 cm³/mol. The summed E-state index contributed by atoms with van der Waals surface area (Å²) in [7, 11) is -17.2. The lowest BCUT2D eigenvalue weighted by Crippen LogP contribution is -2.37. The van der Waals surface area contributed by atoms with Crippen molar-refractivity contribution in [3.05, 3.63) is 22.2 Å². The van der Waals surface area contributed by atoms with E-state index in [9.17, 15) is 56.4 Å². The number of phosphoric acid groups is 3. The van der Waals surface area contributed by atoms with Gasteiger partial charge in [-0.05, 0) is 0 Å². The standard InChI is InChI=1S/C14H19F3N3O17P3/c1-5(21)33-3-6-2-20(13(25)19-10(6)18-12(24)14(15,16)17)11-9(23)8(22)7(35-11)4-34-39(29,30)37-40(31,32)36-38(26,27)28/h2,7-9,11,22-23H,3-4H2,1H3,(H,29,30)(H,31,32)(H2,26,27,28)(H,18,19,24,25). The first-order valence-corrected chi connectivity index (χ1v) is 14.5. The molecule has 0 radical (unpaired) electrons. The number of nitrogens with one attached hydrogen (secondary N) is 1. The fourth-order valence-corrected chi connectivity index (χ4v) is 5.86. The number of nitrogens with zero attached hydrogens (tertiary/aromatic N) is 2. The van der Waals surface area contributed by atoms with Crippen molar-refractivity contribution in [2.45, 2.75) is 44.2 Å². The molecule has 26 heteroatoms. The van der Waals surface area contributed by atoms with Crippen molar-refractivity contribution in [1.29, 1.82) is 0 Å². The van der Waals surface area contributed by atoms with Gasteiger partial charge in [0.15, 0.2) is 6.23 Å². The third kappa shape index (κ3) is 9.77. The number of phosphoric ester groups is 1. The molecule has 228 valence electrons. The molecule has 6 unspecified atom stereocenters. The van der Waals surface area contributed by atoms with E-state index >= 15 is 0 Å². The quantitative estimate of drug-likeness (QED) is 0.109. The fraction of sp³-hybridized carbons (Fsp3) is 0.571. The van der Waals surface area contributed by atoms with Gasteiger partial charge in [-0.2, -0.15) is 26.8 Å². The fourth-order valence-electron chi connectivity index (χ4n) is 2.83. The summed E-state index contributed by atoms with van der Waals surface area (Å²) in [6.07, 6.45) is -12.7. The van der Waals surface area contributed by atoms with Crippen LogP contribution in [0.1, 0.15) is 18.7 Å². The first kappa shape index (κ1) is 34.1. The molecule has 1 amide bonds. The maximum absolute atomic E-state index is 12.6. The number of rotatable bonds is 11. The molecule has 6 atom stereocenters. The summed E-state index contributed by atoms with van der Waals surface area (Å²) >= 11 is 0. The second-order valence-electron chi connectivity index (χ2n) is 7.47. The third-order valence-corrected chi connectivity index (χ3v) is 8.18. The van der Waals surface area contributed by atoms with Gasteiger partial charge in [-0.1, -0.05) is 0 Å². The van der Waals surface area contributed by atoms with Crippen molar-refractivity contribution in [1.82, 2.24) is 9.55 Å². The number of esters is 1. The van der Waals surface area contributed by atoms with Gasteiger partial charge in [0.05, 0.1) is 6.61 Å². The monoisotopic (exact) mass is 651 g/mol. The van der Waals surface area contributed by atoms with E-state index in [0.717, 1.165) is 6.92 Å². The van der Waals surface area contributed by atoms with E-state index in [0.29, 0.717) is 10.8 Å².